The van der Waals surface area contributed by atoms with E-state index in [4.69, 9.17) is 11.6 Å². The molecule has 4 aromatic rings. The Hall–Kier alpha value is -2.44. The van der Waals surface area contributed by atoms with Gasteiger partial charge in [0.2, 0.25) is 0 Å². The minimum absolute atomic E-state index is 0.0940. The van der Waals surface area contributed by atoms with E-state index in [-0.39, 0.29) is 11.6 Å². The molecule has 0 aliphatic carbocycles. The van der Waals surface area contributed by atoms with Crippen LogP contribution in [-0.4, -0.2) is 28.3 Å². The molecule has 1 aromatic heterocycles. The lowest BCUT2D eigenvalue weighted by Gasteiger charge is -2.43. The van der Waals surface area contributed by atoms with Crippen molar-refractivity contribution >= 4 is 38.4 Å². The lowest BCUT2D eigenvalue weighted by atomic mass is 9.70. The molecule has 0 saturated carbocycles. The summed E-state index contributed by atoms with van der Waals surface area (Å²) in [5.41, 5.74) is 2.08. The van der Waals surface area contributed by atoms with Crippen LogP contribution in [0.4, 0.5) is 0 Å². The van der Waals surface area contributed by atoms with Crippen LogP contribution in [0.15, 0.2) is 88.1 Å². The molecule has 3 unspecified atom stereocenters. The predicted octanol–water partition coefficient (Wildman–Crippen LogP) is 5.80. The first-order valence-electron chi connectivity index (χ1n) is 11.5. The van der Waals surface area contributed by atoms with E-state index in [1.54, 1.807) is 0 Å². The van der Waals surface area contributed by atoms with Gasteiger partial charge in [-0.15, -0.1) is 0 Å². The van der Waals surface area contributed by atoms with E-state index >= 15 is 0 Å². The zero-order chi connectivity index (χ0) is 23.7. The minimum atomic E-state index is -1.11. The van der Waals surface area contributed by atoms with Gasteiger partial charge in [-0.25, -0.2) is 0 Å². The summed E-state index contributed by atoms with van der Waals surface area (Å²) in [4.78, 5) is 16.4. The van der Waals surface area contributed by atoms with Crippen LogP contribution < -0.4 is 10.9 Å². The highest BCUT2D eigenvalue weighted by Gasteiger charge is 2.43. The van der Waals surface area contributed by atoms with Gasteiger partial charge in [0.05, 0.1) is 5.60 Å². The van der Waals surface area contributed by atoms with Crippen LogP contribution in [0.3, 0.4) is 0 Å². The first-order chi connectivity index (χ1) is 16.4. The highest BCUT2D eigenvalue weighted by Crippen LogP contribution is 2.42. The van der Waals surface area contributed by atoms with Gasteiger partial charge in [0.15, 0.2) is 0 Å². The second kappa shape index (κ2) is 9.67. The number of H-pyrrole nitrogens is 1. The monoisotopic (exact) mass is 536 g/mol. The number of benzene rings is 3. The predicted molar refractivity (Wildman–Crippen MR) is 142 cm³/mol. The van der Waals surface area contributed by atoms with E-state index < -0.39 is 11.5 Å². The zero-order valence-corrected chi connectivity index (χ0v) is 20.9. The maximum absolute atomic E-state index is 13.3. The van der Waals surface area contributed by atoms with Gasteiger partial charge in [0, 0.05) is 32.5 Å². The van der Waals surface area contributed by atoms with E-state index in [9.17, 15) is 9.90 Å². The molecule has 0 amide bonds. The van der Waals surface area contributed by atoms with E-state index in [1.807, 2.05) is 66.7 Å². The van der Waals surface area contributed by atoms with Crippen molar-refractivity contribution in [3.8, 4) is 0 Å². The van der Waals surface area contributed by atoms with Crippen molar-refractivity contribution in [2.45, 2.75) is 36.8 Å². The van der Waals surface area contributed by atoms with Gasteiger partial charge in [0.1, 0.15) is 0 Å². The van der Waals surface area contributed by atoms with Crippen LogP contribution in [0.25, 0.3) is 10.9 Å². The molecular formula is C28H26BrClN2O2. The van der Waals surface area contributed by atoms with Crippen molar-refractivity contribution in [1.29, 1.82) is 0 Å². The molecule has 1 fully saturated rings. The number of rotatable bonds is 5. The lowest BCUT2D eigenvalue weighted by Crippen LogP contribution is -2.52. The number of halogens is 2. The fourth-order valence-electron chi connectivity index (χ4n) is 5.27. The second-order valence-electron chi connectivity index (χ2n) is 9.17. The number of fused-ring (bicyclic) bond motifs is 1. The fourth-order valence-corrected chi connectivity index (χ4v) is 5.85. The molecule has 5 rings (SSSR count). The van der Waals surface area contributed by atoms with Gasteiger partial charge < -0.3 is 15.4 Å². The van der Waals surface area contributed by atoms with Crippen molar-refractivity contribution in [1.82, 2.24) is 10.3 Å². The number of piperidine rings is 1. The van der Waals surface area contributed by atoms with Crippen LogP contribution in [0.1, 0.15) is 35.4 Å². The Morgan fingerprint density at radius 1 is 1.06 bits per heavy atom. The number of hydrogen-bond acceptors (Lipinski definition) is 3. The van der Waals surface area contributed by atoms with Crippen molar-refractivity contribution < 1.29 is 5.11 Å². The van der Waals surface area contributed by atoms with Crippen LogP contribution in [-0.2, 0) is 6.42 Å². The summed E-state index contributed by atoms with van der Waals surface area (Å²) in [5.74, 6) is -0.515. The number of aromatic amines is 1. The molecule has 1 aliphatic heterocycles. The van der Waals surface area contributed by atoms with Crippen molar-refractivity contribution in [3.63, 3.8) is 0 Å². The van der Waals surface area contributed by atoms with Gasteiger partial charge in [-0.2, -0.15) is 0 Å². The smallest absolute Gasteiger partial charge is 0.252 e. The first-order valence-corrected chi connectivity index (χ1v) is 12.7. The quantitative estimate of drug-likeness (QED) is 0.301. The summed E-state index contributed by atoms with van der Waals surface area (Å²) in [6, 6.07) is 25.6. The van der Waals surface area contributed by atoms with Crippen LogP contribution in [0.2, 0.25) is 5.02 Å². The van der Waals surface area contributed by atoms with Gasteiger partial charge in [-0.05, 0) is 78.7 Å². The van der Waals surface area contributed by atoms with E-state index in [1.165, 1.54) is 5.56 Å². The molecule has 3 aromatic carbocycles. The molecule has 0 radical (unpaired) electrons. The summed E-state index contributed by atoms with van der Waals surface area (Å²) in [7, 11) is 0. The first kappa shape index (κ1) is 23.3. The van der Waals surface area contributed by atoms with Gasteiger partial charge in [-0.1, -0.05) is 70.0 Å². The van der Waals surface area contributed by atoms with Crippen molar-refractivity contribution in [2.24, 2.45) is 0 Å². The Bertz CT molecular complexity index is 1370. The minimum Gasteiger partial charge on any atom is -0.389 e. The summed E-state index contributed by atoms with van der Waals surface area (Å²) < 4.78 is 0.931. The van der Waals surface area contributed by atoms with E-state index in [0.717, 1.165) is 27.4 Å². The molecule has 4 nitrogen and oxygen atoms in total. The molecule has 2 heterocycles. The zero-order valence-electron chi connectivity index (χ0n) is 18.6. The average molecular weight is 538 g/mol. The maximum Gasteiger partial charge on any atom is 0.252 e. The Kier molecular flexibility index (Phi) is 6.63. The standard InChI is InChI=1S/C28H26BrClN2O2/c29-21-9-10-25-20(14-21)16-24(27(33)32-25)26(19-7-4-8-22(30)15-19)28(34)11-12-31-23(17-28)13-18-5-2-1-3-6-18/h1-10,14-16,23,26,31,34H,11-13,17H2,(H,32,33). The number of pyridine rings is 1. The summed E-state index contributed by atoms with van der Waals surface area (Å²) in [6.07, 6.45) is 1.87. The largest absolute Gasteiger partial charge is 0.389 e. The third-order valence-electron chi connectivity index (χ3n) is 6.78. The van der Waals surface area contributed by atoms with Crippen molar-refractivity contribution in [2.75, 3.05) is 6.54 Å². The number of aromatic nitrogens is 1. The third-order valence-corrected chi connectivity index (χ3v) is 7.51. The van der Waals surface area contributed by atoms with E-state index in [0.29, 0.717) is 30.0 Å². The molecule has 0 spiro atoms. The number of nitrogens with one attached hydrogen (secondary N) is 2. The van der Waals surface area contributed by atoms with Gasteiger partial charge >= 0.3 is 0 Å². The SMILES string of the molecule is O=c1[nH]c2ccc(Br)cc2cc1C(c1cccc(Cl)c1)C1(O)CCNC(Cc2ccccc2)C1. The Balaban J connectivity index is 1.60. The highest BCUT2D eigenvalue weighted by atomic mass is 79.9. The Morgan fingerprint density at radius 2 is 1.88 bits per heavy atom. The van der Waals surface area contributed by atoms with E-state index in [2.05, 4.69) is 38.4 Å². The lowest BCUT2D eigenvalue weighted by molar-refractivity contribution is -0.0188. The molecular weight excluding hydrogens is 512 g/mol. The van der Waals surface area contributed by atoms with Gasteiger partial charge in [0.25, 0.3) is 5.56 Å². The average Bonchev–Trinajstić information content (AvgIpc) is 2.80. The molecule has 0 bridgehead atoms. The summed E-state index contributed by atoms with van der Waals surface area (Å²) >= 11 is 9.89. The molecule has 3 atom stereocenters. The van der Waals surface area contributed by atoms with Gasteiger partial charge in [-0.3, -0.25) is 4.79 Å². The Morgan fingerprint density at radius 3 is 2.68 bits per heavy atom. The fraction of sp³-hybridized carbons (Fsp3) is 0.250. The second-order valence-corrected chi connectivity index (χ2v) is 10.5. The molecule has 174 valence electrons. The topological polar surface area (TPSA) is 65.1 Å². The number of hydrogen-bond donors (Lipinski definition) is 3. The van der Waals surface area contributed by atoms with Crippen LogP contribution in [0.5, 0.6) is 0 Å². The normalized spacial score (nSPS) is 21.4. The van der Waals surface area contributed by atoms with Crippen LogP contribution in [0, 0.1) is 0 Å². The third kappa shape index (κ3) is 4.84. The molecule has 34 heavy (non-hydrogen) atoms. The maximum atomic E-state index is 13.3. The summed E-state index contributed by atoms with van der Waals surface area (Å²) in [6.45, 7) is 0.669. The summed E-state index contributed by atoms with van der Waals surface area (Å²) in [5, 5.41) is 17.2. The molecule has 6 heteroatoms. The molecule has 1 aliphatic rings. The van der Waals surface area contributed by atoms with Crippen LogP contribution >= 0.6 is 27.5 Å². The highest BCUT2D eigenvalue weighted by molar-refractivity contribution is 9.10. The molecule has 3 N–H and O–H groups in total. The van der Waals surface area contributed by atoms with Crippen molar-refractivity contribution in [3.05, 3.63) is 115 Å². The molecule has 1 saturated heterocycles. The Labute approximate surface area is 212 Å². The number of aliphatic hydroxyl groups is 1.